The topological polar surface area (TPSA) is 67.4 Å². The van der Waals surface area contributed by atoms with E-state index in [-0.39, 0.29) is 4.90 Å². The summed E-state index contributed by atoms with van der Waals surface area (Å²) in [6.07, 6.45) is 0. The first-order chi connectivity index (χ1) is 9.56. The van der Waals surface area contributed by atoms with Gasteiger partial charge in [-0.15, -0.1) is 0 Å². The molecule has 0 aliphatic carbocycles. The van der Waals surface area contributed by atoms with Crippen LogP contribution in [0.1, 0.15) is 0 Å². The van der Waals surface area contributed by atoms with Crippen molar-refractivity contribution in [2.45, 2.75) is 4.90 Å². The number of sulfonamides is 1. The molecule has 0 spiro atoms. The van der Waals surface area contributed by atoms with E-state index < -0.39 is 10.0 Å². The number of para-hydroxylation sites is 1. The molecule has 2 rings (SSSR count). The van der Waals surface area contributed by atoms with E-state index >= 15 is 0 Å². The van der Waals surface area contributed by atoms with Crippen LogP contribution in [0.2, 0.25) is 0 Å². The number of anilines is 2. The highest BCUT2D eigenvalue weighted by atomic mass is 32.2. The minimum absolute atomic E-state index is 0.207. The maximum atomic E-state index is 12.4. The van der Waals surface area contributed by atoms with Gasteiger partial charge in [-0.25, -0.2) is 8.42 Å². The third kappa shape index (κ3) is 3.03. The van der Waals surface area contributed by atoms with E-state index in [0.29, 0.717) is 17.1 Å². The van der Waals surface area contributed by atoms with Crippen molar-refractivity contribution in [2.75, 3.05) is 24.2 Å². The van der Waals surface area contributed by atoms with Crippen LogP contribution in [-0.2, 0) is 10.0 Å². The summed E-state index contributed by atoms with van der Waals surface area (Å²) in [5, 5.41) is 2.87. The van der Waals surface area contributed by atoms with Gasteiger partial charge in [0.15, 0.2) is 0 Å². The Morgan fingerprint density at radius 2 is 1.65 bits per heavy atom. The van der Waals surface area contributed by atoms with E-state index in [9.17, 15) is 8.42 Å². The normalized spacial score (nSPS) is 10.9. The number of nitrogens with one attached hydrogen (secondary N) is 2. The zero-order valence-corrected chi connectivity index (χ0v) is 12.1. The molecule has 0 bridgehead atoms. The van der Waals surface area contributed by atoms with Gasteiger partial charge in [-0.2, -0.15) is 0 Å². The fourth-order valence-electron chi connectivity index (χ4n) is 1.78. The minimum atomic E-state index is -3.63. The summed E-state index contributed by atoms with van der Waals surface area (Å²) >= 11 is 0. The molecule has 0 saturated carbocycles. The van der Waals surface area contributed by atoms with Crippen molar-refractivity contribution in [2.24, 2.45) is 0 Å². The smallest absolute Gasteiger partial charge is 0.263 e. The van der Waals surface area contributed by atoms with Gasteiger partial charge in [0.1, 0.15) is 10.6 Å². The molecule has 2 N–H and O–H groups in total. The van der Waals surface area contributed by atoms with E-state index in [1.807, 2.05) is 0 Å². The van der Waals surface area contributed by atoms with Crippen molar-refractivity contribution in [3.05, 3.63) is 48.5 Å². The number of hydrogen-bond acceptors (Lipinski definition) is 4. The summed E-state index contributed by atoms with van der Waals surface area (Å²) in [5.41, 5.74) is 1.03. The molecule has 0 aromatic heterocycles. The van der Waals surface area contributed by atoms with Gasteiger partial charge >= 0.3 is 0 Å². The van der Waals surface area contributed by atoms with Gasteiger partial charge in [-0.05, 0) is 36.4 Å². The molecule has 0 aliphatic heterocycles. The number of hydrogen-bond donors (Lipinski definition) is 2. The van der Waals surface area contributed by atoms with Gasteiger partial charge in [0.05, 0.1) is 12.8 Å². The highest BCUT2D eigenvalue weighted by molar-refractivity contribution is 7.92. The van der Waals surface area contributed by atoms with E-state index in [2.05, 4.69) is 10.0 Å². The van der Waals surface area contributed by atoms with Crippen LogP contribution in [0, 0.1) is 0 Å². The zero-order valence-electron chi connectivity index (χ0n) is 11.3. The molecule has 0 atom stereocenters. The van der Waals surface area contributed by atoms with Gasteiger partial charge in [-0.1, -0.05) is 12.1 Å². The van der Waals surface area contributed by atoms with E-state index in [1.165, 1.54) is 0 Å². The molecular weight excluding hydrogens is 276 g/mol. The highest BCUT2D eigenvalue weighted by Crippen LogP contribution is 2.24. The molecule has 2 aromatic rings. The van der Waals surface area contributed by atoms with Gasteiger partial charge in [0, 0.05) is 12.7 Å². The van der Waals surface area contributed by atoms with Crippen LogP contribution in [0.4, 0.5) is 11.4 Å². The SMILES string of the molecule is CNc1ccccc1S(=O)(=O)Nc1ccc(OC)cc1. The molecule has 6 heteroatoms. The summed E-state index contributed by atoms with van der Waals surface area (Å²) in [6.45, 7) is 0. The molecule has 106 valence electrons. The van der Waals surface area contributed by atoms with Crippen LogP contribution in [-0.4, -0.2) is 22.6 Å². The number of rotatable bonds is 5. The Bertz CT molecular complexity index is 682. The molecule has 0 unspecified atom stereocenters. The molecule has 5 nitrogen and oxygen atoms in total. The van der Waals surface area contributed by atoms with Gasteiger partial charge < -0.3 is 10.1 Å². The Morgan fingerprint density at radius 1 is 1.00 bits per heavy atom. The lowest BCUT2D eigenvalue weighted by atomic mass is 10.3. The average Bonchev–Trinajstić information content (AvgIpc) is 2.47. The average molecular weight is 292 g/mol. The molecular formula is C14H16N2O3S. The second-order valence-electron chi connectivity index (χ2n) is 4.08. The molecule has 0 aliphatic rings. The van der Waals surface area contributed by atoms with Crippen LogP contribution in [0.3, 0.4) is 0 Å². The molecule has 0 amide bonds. The predicted molar refractivity (Wildman–Crippen MR) is 79.8 cm³/mol. The maximum Gasteiger partial charge on any atom is 0.263 e. The summed E-state index contributed by atoms with van der Waals surface area (Å²) in [6, 6.07) is 13.4. The van der Waals surface area contributed by atoms with Crippen LogP contribution in [0.25, 0.3) is 0 Å². The fourth-order valence-corrected chi connectivity index (χ4v) is 3.05. The monoisotopic (exact) mass is 292 g/mol. The first kappa shape index (κ1) is 14.2. The van der Waals surface area contributed by atoms with E-state index in [4.69, 9.17) is 4.74 Å². The number of methoxy groups -OCH3 is 1. The first-order valence-electron chi connectivity index (χ1n) is 6.00. The fraction of sp³-hybridized carbons (Fsp3) is 0.143. The van der Waals surface area contributed by atoms with Crippen molar-refractivity contribution < 1.29 is 13.2 Å². The van der Waals surface area contributed by atoms with Gasteiger partial charge in [-0.3, -0.25) is 4.72 Å². The second kappa shape index (κ2) is 5.83. The standard InChI is InChI=1S/C14H16N2O3S/c1-15-13-5-3-4-6-14(13)20(17,18)16-11-7-9-12(19-2)10-8-11/h3-10,15-16H,1-2H3. The summed E-state index contributed by atoms with van der Waals surface area (Å²) in [4.78, 5) is 0.207. The Labute approximate surface area is 118 Å². The van der Waals surface area contributed by atoms with Crippen molar-refractivity contribution in [1.82, 2.24) is 0 Å². The Morgan fingerprint density at radius 3 is 2.25 bits per heavy atom. The molecule has 0 heterocycles. The first-order valence-corrected chi connectivity index (χ1v) is 7.49. The molecule has 0 radical (unpaired) electrons. The van der Waals surface area contributed by atoms with Crippen molar-refractivity contribution in [3.63, 3.8) is 0 Å². The van der Waals surface area contributed by atoms with Gasteiger partial charge in [0.2, 0.25) is 0 Å². The third-order valence-electron chi connectivity index (χ3n) is 2.79. The van der Waals surface area contributed by atoms with Crippen LogP contribution in [0.15, 0.2) is 53.4 Å². The van der Waals surface area contributed by atoms with Crippen molar-refractivity contribution in [3.8, 4) is 5.75 Å². The lowest BCUT2D eigenvalue weighted by molar-refractivity contribution is 0.415. The van der Waals surface area contributed by atoms with Crippen LogP contribution < -0.4 is 14.8 Å². The Balaban J connectivity index is 2.30. The molecule has 0 saturated heterocycles. The minimum Gasteiger partial charge on any atom is -0.497 e. The van der Waals surface area contributed by atoms with Crippen molar-refractivity contribution in [1.29, 1.82) is 0 Å². The van der Waals surface area contributed by atoms with Gasteiger partial charge in [0.25, 0.3) is 10.0 Å². The molecule has 2 aromatic carbocycles. The Hall–Kier alpha value is -2.21. The maximum absolute atomic E-state index is 12.4. The lowest BCUT2D eigenvalue weighted by Gasteiger charge is -2.12. The number of ether oxygens (including phenoxy) is 1. The lowest BCUT2D eigenvalue weighted by Crippen LogP contribution is -2.14. The Kier molecular flexibility index (Phi) is 4.14. The van der Waals surface area contributed by atoms with Crippen LogP contribution >= 0.6 is 0 Å². The second-order valence-corrected chi connectivity index (χ2v) is 5.73. The third-order valence-corrected chi connectivity index (χ3v) is 4.23. The van der Waals surface area contributed by atoms with E-state index in [0.717, 1.165) is 0 Å². The quantitative estimate of drug-likeness (QED) is 0.888. The largest absolute Gasteiger partial charge is 0.497 e. The highest BCUT2D eigenvalue weighted by Gasteiger charge is 2.17. The summed E-state index contributed by atoms with van der Waals surface area (Å²) in [5.74, 6) is 0.670. The predicted octanol–water partition coefficient (Wildman–Crippen LogP) is 2.54. The summed E-state index contributed by atoms with van der Waals surface area (Å²) in [7, 11) is -0.389. The zero-order chi connectivity index (χ0) is 14.6. The van der Waals surface area contributed by atoms with E-state index in [1.54, 1.807) is 62.7 Å². The summed E-state index contributed by atoms with van der Waals surface area (Å²) < 4.78 is 32.3. The van der Waals surface area contributed by atoms with Crippen molar-refractivity contribution >= 4 is 21.4 Å². The molecule has 20 heavy (non-hydrogen) atoms. The molecule has 0 fully saturated rings. The van der Waals surface area contributed by atoms with Crippen LogP contribution in [0.5, 0.6) is 5.75 Å². The number of benzene rings is 2.